The predicted octanol–water partition coefficient (Wildman–Crippen LogP) is 2.90. The summed E-state index contributed by atoms with van der Waals surface area (Å²) in [5.74, 6) is -0.878. The van der Waals surface area contributed by atoms with Gasteiger partial charge in [0.2, 0.25) is 9.05 Å². The van der Waals surface area contributed by atoms with Crippen LogP contribution < -0.4 is 0 Å². The van der Waals surface area contributed by atoms with E-state index in [4.69, 9.17) is 22.3 Å². The van der Waals surface area contributed by atoms with Gasteiger partial charge in [0.15, 0.2) is 0 Å². The molecule has 2 rings (SSSR count). The zero-order valence-electron chi connectivity index (χ0n) is 7.45. The Morgan fingerprint density at radius 3 is 2.53 bits per heavy atom. The summed E-state index contributed by atoms with van der Waals surface area (Å²) in [5.41, 5.74) is 0.258. The van der Waals surface area contributed by atoms with Crippen molar-refractivity contribution in [3.63, 3.8) is 0 Å². The molecule has 0 saturated heterocycles. The summed E-state index contributed by atoms with van der Waals surface area (Å²) in [6, 6.07) is 4.28. The molecule has 0 amide bonds. The first-order chi connectivity index (χ1) is 6.91. The van der Waals surface area contributed by atoms with E-state index >= 15 is 0 Å². The number of hydrogen-bond acceptors (Lipinski definition) is 2. The van der Waals surface area contributed by atoms with Gasteiger partial charge < -0.3 is 0 Å². The van der Waals surface area contributed by atoms with Crippen molar-refractivity contribution in [1.29, 1.82) is 0 Å². The first-order valence-corrected chi connectivity index (χ1v) is 7.03. The van der Waals surface area contributed by atoms with Crippen LogP contribution in [0.2, 0.25) is 5.02 Å². The summed E-state index contributed by atoms with van der Waals surface area (Å²) in [5, 5.41) is -0.448. The van der Waals surface area contributed by atoms with Crippen LogP contribution in [-0.4, -0.2) is 13.7 Å². The minimum atomic E-state index is -3.61. The SMILES string of the molecule is O=S(=O)(Cl)C1CC1c1c(F)cccc1Cl. The normalized spacial score (nSPS) is 25.3. The molecule has 15 heavy (non-hydrogen) atoms. The molecule has 0 heterocycles. The zero-order valence-corrected chi connectivity index (χ0v) is 9.78. The summed E-state index contributed by atoms with van der Waals surface area (Å²) in [4.78, 5) is 0. The van der Waals surface area contributed by atoms with Crippen molar-refractivity contribution in [3.8, 4) is 0 Å². The Bertz CT molecular complexity index is 481. The minimum absolute atomic E-state index is 0.253. The van der Waals surface area contributed by atoms with Gasteiger partial charge in [-0.15, -0.1) is 0 Å². The van der Waals surface area contributed by atoms with Gasteiger partial charge in [-0.2, -0.15) is 0 Å². The van der Waals surface area contributed by atoms with Gasteiger partial charge in [-0.1, -0.05) is 17.7 Å². The maximum absolute atomic E-state index is 13.4. The fourth-order valence-corrected chi connectivity index (χ4v) is 3.51. The van der Waals surface area contributed by atoms with Gasteiger partial charge in [0.05, 0.1) is 5.25 Å². The summed E-state index contributed by atoms with van der Waals surface area (Å²) in [6.45, 7) is 0. The standard InChI is InChI=1S/C9H7Cl2FO2S/c10-6-2-1-3-7(12)9(6)5-4-8(5)15(11,13)14/h1-3,5,8H,4H2. The van der Waals surface area contributed by atoms with Crippen molar-refractivity contribution in [1.82, 2.24) is 0 Å². The third kappa shape index (κ3) is 2.12. The lowest BCUT2D eigenvalue weighted by molar-refractivity contribution is 0.603. The van der Waals surface area contributed by atoms with Gasteiger partial charge in [0.25, 0.3) is 0 Å². The summed E-state index contributed by atoms with van der Waals surface area (Å²) >= 11 is 5.80. The van der Waals surface area contributed by atoms with E-state index in [9.17, 15) is 12.8 Å². The van der Waals surface area contributed by atoms with Crippen LogP contribution in [0.15, 0.2) is 18.2 Å². The largest absolute Gasteiger partial charge is 0.236 e. The minimum Gasteiger partial charge on any atom is -0.212 e. The molecule has 0 aromatic heterocycles. The van der Waals surface area contributed by atoms with Crippen LogP contribution >= 0.6 is 22.3 Å². The molecule has 0 radical (unpaired) electrons. The number of hydrogen-bond donors (Lipinski definition) is 0. The van der Waals surface area contributed by atoms with Crippen molar-refractivity contribution in [2.75, 3.05) is 0 Å². The maximum Gasteiger partial charge on any atom is 0.236 e. The van der Waals surface area contributed by atoms with Crippen LogP contribution in [0.3, 0.4) is 0 Å². The highest BCUT2D eigenvalue weighted by Crippen LogP contribution is 2.50. The molecule has 82 valence electrons. The Hall–Kier alpha value is -0.320. The van der Waals surface area contributed by atoms with E-state index in [1.807, 2.05) is 0 Å². The van der Waals surface area contributed by atoms with E-state index < -0.39 is 26.0 Å². The Morgan fingerprint density at radius 2 is 2.07 bits per heavy atom. The van der Waals surface area contributed by atoms with Crippen molar-refractivity contribution in [2.24, 2.45) is 0 Å². The highest BCUT2D eigenvalue weighted by atomic mass is 35.7. The summed E-state index contributed by atoms with van der Waals surface area (Å²) in [7, 11) is 1.57. The Labute approximate surface area is 96.4 Å². The van der Waals surface area contributed by atoms with Crippen LogP contribution in [0, 0.1) is 5.82 Å². The van der Waals surface area contributed by atoms with E-state index in [1.165, 1.54) is 18.2 Å². The fourth-order valence-electron chi connectivity index (χ4n) is 1.65. The molecule has 0 spiro atoms. The first kappa shape index (κ1) is 11.2. The van der Waals surface area contributed by atoms with E-state index in [-0.39, 0.29) is 10.6 Å². The Morgan fingerprint density at radius 1 is 1.40 bits per heavy atom. The molecule has 0 N–H and O–H groups in total. The van der Waals surface area contributed by atoms with Crippen LogP contribution in [0.25, 0.3) is 0 Å². The van der Waals surface area contributed by atoms with Crippen LogP contribution in [0.5, 0.6) is 0 Å². The molecular weight excluding hydrogens is 262 g/mol. The van der Waals surface area contributed by atoms with Crippen molar-refractivity contribution < 1.29 is 12.8 Å². The lowest BCUT2D eigenvalue weighted by Crippen LogP contribution is -2.01. The highest BCUT2D eigenvalue weighted by Gasteiger charge is 2.49. The average molecular weight is 269 g/mol. The maximum atomic E-state index is 13.4. The predicted molar refractivity (Wildman–Crippen MR) is 57.3 cm³/mol. The van der Waals surface area contributed by atoms with E-state index in [2.05, 4.69) is 0 Å². The number of halogens is 3. The van der Waals surface area contributed by atoms with Crippen LogP contribution in [0.4, 0.5) is 4.39 Å². The Kier molecular flexibility index (Phi) is 2.69. The molecule has 1 saturated carbocycles. The summed E-state index contributed by atoms with van der Waals surface area (Å²) in [6.07, 6.45) is 0.340. The van der Waals surface area contributed by atoms with Gasteiger partial charge in [-0.25, -0.2) is 12.8 Å². The van der Waals surface area contributed by atoms with Crippen LogP contribution in [-0.2, 0) is 9.05 Å². The molecule has 6 heteroatoms. The molecule has 1 aliphatic carbocycles. The van der Waals surface area contributed by atoms with Gasteiger partial charge in [0, 0.05) is 27.2 Å². The average Bonchev–Trinajstić information content (AvgIpc) is 2.82. The first-order valence-electron chi connectivity index (χ1n) is 4.28. The Balaban J connectivity index is 2.35. The van der Waals surface area contributed by atoms with E-state index in [0.29, 0.717) is 6.42 Å². The third-order valence-electron chi connectivity index (χ3n) is 2.46. The molecule has 1 fully saturated rings. The molecule has 2 unspecified atom stereocenters. The molecule has 1 aromatic rings. The molecule has 2 nitrogen and oxygen atoms in total. The van der Waals surface area contributed by atoms with Crippen molar-refractivity contribution >= 4 is 31.3 Å². The lowest BCUT2D eigenvalue weighted by atomic mass is 10.1. The van der Waals surface area contributed by atoms with Crippen molar-refractivity contribution in [2.45, 2.75) is 17.6 Å². The second-order valence-corrected chi connectivity index (χ2v) is 6.75. The second-order valence-electron chi connectivity index (χ2n) is 3.49. The number of rotatable bonds is 2. The van der Waals surface area contributed by atoms with Gasteiger partial charge >= 0.3 is 0 Å². The van der Waals surface area contributed by atoms with E-state index in [0.717, 1.165) is 0 Å². The smallest absolute Gasteiger partial charge is 0.212 e. The zero-order chi connectivity index (χ0) is 11.2. The highest BCUT2D eigenvalue weighted by molar-refractivity contribution is 8.14. The monoisotopic (exact) mass is 268 g/mol. The fraction of sp³-hybridized carbons (Fsp3) is 0.333. The number of benzene rings is 1. The molecule has 1 aromatic carbocycles. The third-order valence-corrected chi connectivity index (χ3v) is 4.72. The second kappa shape index (κ2) is 3.61. The van der Waals surface area contributed by atoms with E-state index in [1.54, 1.807) is 0 Å². The molecule has 0 bridgehead atoms. The topological polar surface area (TPSA) is 34.1 Å². The molecule has 1 aliphatic rings. The van der Waals surface area contributed by atoms with Gasteiger partial charge in [-0.3, -0.25) is 0 Å². The lowest BCUT2D eigenvalue weighted by Gasteiger charge is -2.03. The summed E-state index contributed by atoms with van der Waals surface area (Å²) < 4.78 is 35.4. The van der Waals surface area contributed by atoms with Gasteiger partial charge in [0.1, 0.15) is 5.82 Å². The van der Waals surface area contributed by atoms with Crippen molar-refractivity contribution in [3.05, 3.63) is 34.6 Å². The quantitative estimate of drug-likeness (QED) is 0.773. The van der Waals surface area contributed by atoms with Gasteiger partial charge in [-0.05, 0) is 18.6 Å². The molecular formula is C9H7Cl2FO2S. The molecule has 0 aliphatic heterocycles. The molecule has 2 atom stereocenters. The van der Waals surface area contributed by atoms with Crippen LogP contribution in [0.1, 0.15) is 17.9 Å².